The van der Waals surface area contributed by atoms with Gasteiger partial charge in [0.1, 0.15) is 17.1 Å². The number of likely N-dealkylation sites (N-methyl/N-ethyl adjacent to an activating group) is 1. The number of ether oxygens (including phenoxy) is 1. The summed E-state index contributed by atoms with van der Waals surface area (Å²) in [7, 11) is 3.61. The second kappa shape index (κ2) is 5.10. The number of aromatic nitrogens is 2. The molecule has 4 nitrogen and oxygen atoms in total. The summed E-state index contributed by atoms with van der Waals surface area (Å²) < 4.78 is 5.34. The highest BCUT2D eigenvalue weighted by Gasteiger charge is 2.09. The van der Waals surface area contributed by atoms with Crippen molar-refractivity contribution in [2.75, 3.05) is 20.7 Å². The molecular weight excluding hydrogens is 214 g/mol. The molecule has 90 valence electrons. The van der Waals surface area contributed by atoms with E-state index in [1.54, 1.807) is 7.11 Å². The fourth-order valence-electron chi connectivity index (χ4n) is 1.91. The summed E-state index contributed by atoms with van der Waals surface area (Å²) in [6, 6.07) is 5.95. The summed E-state index contributed by atoms with van der Waals surface area (Å²) in [6.45, 7) is 2.82. The Balaban J connectivity index is 2.59. The molecular formula is C13H17N3O. The molecule has 0 aliphatic carbocycles. The van der Waals surface area contributed by atoms with Crippen LogP contribution in [0.4, 0.5) is 0 Å². The SMILES string of the molecule is CNCCc1nc(C)nc2c(OC)cccc12. The molecule has 1 aromatic carbocycles. The monoisotopic (exact) mass is 231 g/mol. The summed E-state index contributed by atoms with van der Waals surface area (Å²) in [5.74, 6) is 1.59. The Labute approximate surface area is 101 Å². The van der Waals surface area contributed by atoms with Crippen molar-refractivity contribution in [1.29, 1.82) is 0 Å². The van der Waals surface area contributed by atoms with E-state index in [-0.39, 0.29) is 0 Å². The lowest BCUT2D eigenvalue weighted by Crippen LogP contribution is -2.12. The predicted molar refractivity (Wildman–Crippen MR) is 68.5 cm³/mol. The Morgan fingerprint density at radius 3 is 2.82 bits per heavy atom. The number of aryl methyl sites for hydroxylation is 1. The number of rotatable bonds is 4. The fourth-order valence-corrected chi connectivity index (χ4v) is 1.91. The highest BCUT2D eigenvalue weighted by atomic mass is 16.5. The van der Waals surface area contributed by atoms with Crippen LogP contribution in [0.5, 0.6) is 5.75 Å². The number of nitrogens with zero attached hydrogens (tertiary/aromatic N) is 2. The van der Waals surface area contributed by atoms with Crippen LogP contribution in [0, 0.1) is 6.92 Å². The molecule has 0 aliphatic heterocycles. The molecule has 0 bridgehead atoms. The first kappa shape index (κ1) is 11.8. The first-order chi connectivity index (χ1) is 8.26. The van der Waals surface area contributed by atoms with Crippen molar-refractivity contribution >= 4 is 10.9 Å². The van der Waals surface area contributed by atoms with Crippen LogP contribution in [0.2, 0.25) is 0 Å². The van der Waals surface area contributed by atoms with Gasteiger partial charge in [0.05, 0.1) is 12.8 Å². The minimum atomic E-state index is 0.785. The Morgan fingerprint density at radius 1 is 1.29 bits per heavy atom. The first-order valence-corrected chi connectivity index (χ1v) is 5.71. The van der Waals surface area contributed by atoms with Crippen molar-refractivity contribution in [3.63, 3.8) is 0 Å². The van der Waals surface area contributed by atoms with Crippen LogP contribution >= 0.6 is 0 Å². The second-order valence-corrected chi connectivity index (χ2v) is 3.93. The number of nitrogens with one attached hydrogen (secondary N) is 1. The third-order valence-electron chi connectivity index (χ3n) is 2.71. The third-order valence-corrected chi connectivity index (χ3v) is 2.71. The lowest BCUT2D eigenvalue weighted by atomic mass is 10.1. The zero-order valence-corrected chi connectivity index (χ0v) is 10.4. The minimum Gasteiger partial charge on any atom is -0.494 e. The molecule has 0 aliphatic rings. The Bertz CT molecular complexity index is 525. The average Bonchev–Trinajstić information content (AvgIpc) is 2.35. The molecule has 0 atom stereocenters. The van der Waals surface area contributed by atoms with Crippen LogP contribution < -0.4 is 10.1 Å². The highest BCUT2D eigenvalue weighted by Crippen LogP contribution is 2.25. The van der Waals surface area contributed by atoms with Gasteiger partial charge in [-0.3, -0.25) is 0 Å². The molecule has 0 fully saturated rings. The van der Waals surface area contributed by atoms with Crippen molar-refractivity contribution in [2.45, 2.75) is 13.3 Å². The summed E-state index contributed by atoms with van der Waals surface area (Å²) in [5.41, 5.74) is 1.97. The van der Waals surface area contributed by atoms with Gasteiger partial charge in [0.15, 0.2) is 0 Å². The minimum absolute atomic E-state index is 0.785. The van der Waals surface area contributed by atoms with E-state index in [1.807, 2.05) is 32.2 Å². The number of hydrogen-bond donors (Lipinski definition) is 1. The van der Waals surface area contributed by atoms with Gasteiger partial charge in [-0.2, -0.15) is 0 Å². The molecule has 1 N–H and O–H groups in total. The Morgan fingerprint density at radius 2 is 2.12 bits per heavy atom. The fraction of sp³-hybridized carbons (Fsp3) is 0.385. The molecule has 0 saturated carbocycles. The van der Waals surface area contributed by atoms with E-state index in [4.69, 9.17) is 4.74 Å². The molecule has 0 spiro atoms. The van der Waals surface area contributed by atoms with Crippen molar-refractivity contribution < 1.29 is 4.74 Å². The summed E-state index contributed by atoms with van der Waals surface area (Å²) in [4.78, 5) is 8.97. The molecule has 17 heavy (non-hydrogen) atoms. The maximum atomic E-state index is 5.34. The van der Waals surface area contributed by atoms with Gasteiger partial charge < -0.3 is 10.1 Å². The molecule has 0 amide bonds. The van der Waals surface area contributed by atoms with E-state index in [0.29, 0.717) is 0 Å². The Hall–Kier alpha value is -1.68. The van der Waals surface area contributed by atoms with E-state index in [0.717, 1.165) is 41.1 Å². The van der Waals surface area contributed by atoms with Crippen LogP contribution in [0.1, 0.15) is 11.5 Å². The summed E-state index contributed by atoms with van der Waals surface area (Å²) in [5, 5.41) is 4.21. The van der Waals surface area contributed by atoms with E-state index < -0.39 is 0 Å². The van der Waals surface area contributed by atoms with Gasteiger partial charge in [-0.25, -0.2) is 9.97 Å². The highest BCUT2D eigenvalue weighted by molar-refractivity contribution is 5.86. The summed E-state index contributed by atoms with van der Waals surface area (Å²) >= 11 is 0. The summed E-state index contributed by atoms with van der Waals surface area (Å²) in [6.07, 6.45) is 0.892. The van der Waals surface area contributed by atoms with Crippen LogP contribution in [0.3, 0.4) is 0 Å². The van der Waals surface area contributed by atoms with E-state index >= 15 is 0 Å². The van der Waals surface area contributed by atoms with Crippen molar-refractivity contribution in [3.05, 3.63) is 29.7 Å². The maximum absolute atomic E-state index is 5.34. The second-order valence-electron chi connectivity index (χ2n) is 3.93. The van der Waals surface area contributed by atoms with Crippen LogP contribution in [0.15, 0.2) is 18.2 Å². The van der Waals surface area contributed by atoms with Gasteiger partial charge in [-0.05, 0) is 20.0 Å². The van der Waals surface area contributed by atoms with Crippen molar-refractivity contribution in [3.8, 4) is 5.75 Å². The largest absolute Gasteiger partial charge is 0.494 e. The number of methoxy groups -OCH3 is 1. The smallest absolute Gasteiger partial charge is 0.145 e. The first-order valence-electron chi connectivity index (χ1n) is 5.71. The molecule has 0 unspecified atom stereocenters. The van der Waals surface area contributed by atoms with Gasteiger partial charge in [0.25, 0.3) is 0 Å². The van der Waals surface area contributed by atoms with Gasteiger partial charge in [0, 0.05) is 18.4 Å². The van der Waals surface area contributed by atoms with Crippen molar-refractivity contribution in [2.24, 2.45) is 0 Å². The molecule has 2 aromatic rings. The number of benzene rings is 1. The normalized spacial score (nSPS) is 10.8. The average molecular weight is 231 g/mol. The molecule has 0 radical (unpaired) electrons. The topological polar surface area (TPSA) is 47.0 Å². The van der Waals surface area contributed by atoms with Gasteiger partial charge in [-0.15, -0.1) is 0 Å². The van der Waals surface area contributed by atoms with E-state index in [9.17, 15) is 0 Å². The quantitative estimate of drug-likeness (QED) is 0.870. The zero-order chi connectivity index (χ0) is 12.3. The van der Waals surface area contributed by atoms with Crippen LogP contribution in [-0.2, 0) is 6.42 Å². The van der Waals surface area contributed by atoms with Gasteiger partial charge >= 0.3 is 0 Å². The number of fused-ring (bicyclic) bond motifs is 1. The maximum Gasteiger partial charge on any atom is 0.145 e. The lowest BCUT2D eigenvalue weighted by molar-refractivity contribution is 0.418. The van der Waals surface area contributed by atoms with Gasteiger partial charge in [0.2, 0.25) is 0 Å². The van der Waals surface area contributed by atoms with E-state index in [1.165, 1.54) is 0 Å². The van der Waals surface area contributed by atoms with Crippen LogP contribution in [-0.4, -0.2) is 30.7 Å². The van der Waals surface area contributed by atoms with E-state index in [2.05, 4.69) is 15.3 Å². The molecule has 0 saturated heterocycles. The molecule has 4 heteroatoms. The van der Waals surface area contributed by atoms with Crippen molar-refractivity contribution in [1.82, 2.24) is 15.3 Å². The standard InChI is InChI=1S/C13H17N3O/c1-9-15-11(7-8-14-2)10-5-4-6-12(17-3)13(10)16-9/h4-6,14H,7-8H2,1-3H3. The predicted octanol–water partition coefficient (Wildman–Crippen LogP) is 1.71. The Kier molecular flexibility index (Phi) is 3.54. The third kappa shape index (κ3) is 2.36. The van der Waals surface area contributed by atoms with Crippen LogP contribution in [0.25, 0.3) is 10.9 Å². The molecule has 1 heterocycles. The molecule has 1 aromatic heterocycles. The number of para-hydroxylation sites is 1. The zero-order valence-electron chi connectivity index (χ0n) is 10.4. The lowest BCUT2D eigenvalue weighted by Gasteiger charge is -2.09. The van der Waals surface area contributed by atoms with Gasteiger partial charge in [-0.1, -0.05) is 12.1 Å². The number of hydrogen-bond acceptors (Lipinski definition) is 4. The molecule has 2 rings (SSSR count).